The molecule has 0 N–H and O–H groups in total. The lowest BCUT2D eigenvalue weighted by Crippen LogP contribution is -2.26. The second-order valence-electron chi connectivity index (χ2n) is 4.69. The molecule has 6 heteroatoms. The van der Waals surface area contributed by atoms with Gasteiger partial charge >= 0.3 is 5.97 Å². The van der Waals surface area contributed by atoms with Crippen LogP contribution >= 0.6 is 0 Å². The zero-order valence-electron chi connectivity index (χ0n) is 12.4. The molecule has 6 nitrogen and oxygen atoms in total. The van der Waals surface area contributed by atoms with Crippen LogP contribution in [0, 0.1) is 0 Å². The van der Waals surface area contributed by atoms with Crippen LogP contribution in [0.3, 0.4) is 0 Å². The minimum Gasteiger partial charge on any atom is -0.497 e. The fraction of sp³-hybridized carbons (Fsp3) is 0.533. The Bertz CT molecular complexity index is 458. The molecular formula is C15H20O6. The summed E-state index contributed by atoms with van der Waals surface area (Å²) in [5.74, 6) is 0.385. The number of rotatable bonds is 6. The van der Waals surface area contributed by atoms with E-state index >= 15 is 0 Å². The first-order valence-electron chi connectivity index (χ1n) is 6.68. The van der Waals surface area contributed by atoms with Crippen LogP contribution in [0.5, 0.6) is 5.75 Å². The molecule has 1 heterocycles. The van der Waals surface area contributed by atoms with Crippen molar-refractivity contribution in [3.63, 3.8) is 0 Å². The molecule has 3 atom stereocenters. The minimum absolute atomic E-state index is 0.304. The average molecular weight is 296 g/mol. The van der Waals surface area contributed by atoms with Gasteiger partial charge in [0, 0.05) is 13.5 Å². The van der Waals surface area contributed by atoms with Crippen molar-refractivity contribution in [3.8, 4) is 5.75 Å². The molecule has 1 fully saturated rings. The lowest BCUT2D eigenvalue weighted by atomic mass is 10.2. The van der Waals surface area contributed by atoms with Crippen molar-refractivity contribution in [3.05, 3.63) is 29.8 Å². The van der Waals surface area contributed by atoms with Gasteiger partial charge in [0.15, 0.2) is 12.4 Å². The molecule has 0 aliphatic carbocycles. The molecular weight excluding hydrogens is 276 g/mol. The van der Waals surface area contributed by atoms with Crippen molar-refractivity contribution in [2.24, 2.45) is 0 Å². The van der Waals surface area contributed by atoms with Crippen molar-refractivity contribution in [2.75, 3.05) is 21.3 Å². The Balaban J connectivity index is 1.90. The summed E-state index contributed by atoms with van der Waals surface area (Å²) in [6.45, 7) is 0.409. The lowest BCUT2D eigenvalue weighted by Gasteiger charge is -2.17. The fourth-order valence-electron chi connectivity index (χ4n) is 2.19. The van der Waals surface area contributed by atoms with E-state index in [0.29, 0.717) is 13.0 Å². The van der Waals surface area contributed by atoms with Gasteiger partial charge < -0.3 is 23.7 Å². The van der Waals surface area contributed by atoms with Gasteiger partial charge in [-0.05, 0) is 17.7 Å². The van der Waals surface area contributed by atoms with E-state index in [2.05, 4.69) is 4.74 Å². The van der Waals surface area contributed by atoms with E-state index in [0.717, 1.165) is 11.3 Å². The van der Waals surface area contributed by atoms with Crippen LogP contribution in [0.25, 0.3) is 0 Å². The number of ether oxygens (including phenoxy) is 5. The van der Waals surface area contributed by atoms with Crippen LogP contribution in [0.1, 0.15) is 12.0 Å². The zero-order valence-corrected chi connectivity index (χ0v) is 12.4. The summed E-state index contributed by atoms with van der Waals surface area (Å²) in [7, 11) is 4.48. The van der Waals surface area contributed by atoms with Gasteiger partial charge in [0.2, 0.25) is 0 Å². The second kappa shape index (κ2) is 7.40. The van der Waals surface area contributed by atoms with Gasteiger partial charge in [-0.15, -0.1) is 0 Å². The summed E-state index contributed by atoms with van der Waals surface area (Å²) < 4.78 is 26.2. The highest BCUT2D eigenvalue weighted by Crippen LogP contribution is 2.25. The molecule has 0 radical (unpaired) electrons. The van der Waals surface area contributed by atoms with Crippen LogP contribution in [-0.4, -0.2) is 45.8 Å². The number of methoxy groups -OCH3 is 3. The van der Waals surface area contributed by atoms with Crippen LogP contribution < -0.4 is 4.74 Å². The summed E-state index contributed by atoms with van der Waals surface area (Å²) in [5.41, 5.74) is 1.01. The standard InChI is InChI=1S/C15H20O6/c1-17-11-6-4-10(5-7-11)9-20-13-8-12(14(16)18-2)21-15(13)19-3/h4-7,12-13,15H,8-9H2,1-3H3/t12-,13-,15+/m1/s1. The fourth-order valence-corrected chi connectivity index (χ4v) is 2.19. The summed E-state index contributed by atoms with van der Waals surface area (Å²) in [5, 5.41) is 0. The van der Waals surface area contributed by atoms with Crippen molar-refractivity contribution >= 4 is 5.97 Å². The molecule has 0 bridgehead atoms. The number of carbonyl (C=O) groups excluding carboxylic acids is 1. The Hall–Kier alpha value is -1.63. The molecule has 1 saturated heterocycles. The molecule has 1 aliphatic heterocycles. The molecule has 21 heavy (non-hydrogen) atoms. The number of esters is 1. The van der Waals surface area contributed by atoms with Gasteiger partial charge in [-0.1, -0.05) is 12.1 Å². The Labute approximate surface area is 123 Å². The molecule has 0 amide bonds. The third-order valence-electron chi connectivity index (χ3n) is 3.37. The van der Waals surface area contributed by atoms with Gasteiger partial charge in [0.1, 0.15) is 11.9 Å². The SMILES string of the molecule is COC(=O)[C@H]1C[C@@H](OCc2ccc(OC)cc2)[C@@H](OC)O1. The molecule has 0 spiro atoms. The number of hydrogen-bond donors (Lipinski definition) is 0. The van der Waals surface area contributed by atoms with Crippen molar-refractivity contribution < 1.29 is 28.5 Å². The summed E-state index contributed by atoms with van der Waals surface area (Å²) in [6.07, 6.45) is -1.09. The topological polar surface area (TPSA) is 63.2 Å². The Morgan fingerprint density at radius 1 is 1.24 bits per heavy atom. The molecule has 116 valence electrons. The zero-order chi connectivity index (χ0) is 15.2. The van der Waals surface area contributed by atoms with Gasteiger partial charge in [0.25, 0.3) is 0 Å². The predicted octanol–water partition coefficient (Wildman–Crippen LogP) is 1.51. The third-order valence-corrected chi connectivity index (χ3v) is 3.37. The number of hydrogen-bond acceptors (Lipinski definition) is 6. The summed E-state index contributed by atoms with van der Waals surface area (Å²) in [4.78, 5) is 11.5. The largest absolute Gasteiger partial charge is 0.497 e. The maximum atomic E-state index is 11.5. The molecule has 2 rings (SSSR count). The Morgan fingerprint density at radius 3 is 2.52 bits per heavy atom. The van der Waals surface area contributed by atoms with Gasteiger partial charge in [-0.2, -0.15) is 0 Å². The molecule has 0 aromatic heterocycles. The Morgan fingerprint density at radius 2 is 1.95 bits per heavy atom. The highest BCUT2D eigenvalue weighted by Gasteiger charge is 2.40. The van der Waals surface area contributed by atoms with E-state index in [1.165, 1.54) is 14.2 Å². The maximum Gasteiger partial charge on any atom is 0.335 e. The predicted molar refractivity (Wildman–Crippen MR) is 73.9 cm³/mol. The molecule has 1 aromatic carbocycles. The van der Waals surface area contributed by atoms with Crippen molar-refractivity contribution in [2.45, 2.75) is 31.5 Å². The molecule has 0 saturated carbocycles. The van der Waals surface area contributed by atoms with E-state index in [-0.39, 0.29) is 6.10 Å². The lowest BCUT2D eigenvalue weighted by molar-refractivity contribution is -0.179. The van der Waals surface area contributed by atoms with Gasteiger partial charge in [0.05, 0.1) is 20.8 Å². The monoisotopic (exact) mass is 296 g/mol. The number of carbonyl (C=O) groups is 1. The van der Waals surface area contributed by atoms with E-state index in [1.807, 2.05) is 24.3 Å². The van der Waals surface area contributed by atoms with Crippen LogP contribution in [-0.2, 0) is 30.3 Å². The molecule has 1 aliphatic rings. The quantitative estimate of drug-likeness (QED) is 0.742. The minimum atomic E-state index is -0.638. The Kier molecular flexibility index (Phi) is 5.55. The van der Waals surface area contributed by atoms with E-state index < -0.39 is 18.4 Å². The second-order valence-corrected chi connectivity index (χ2v) is 4.69. The van der Waals surface area contributed by atoms with Crippen LogP contribution in [0.15, 0.2) is 24.3 Å². The van der Waals surface area contributed by atoms with E-state index in [1.54, 1.807) is 7.11 Å². The average Bonchev–Trinajstić information content (AvgIpc) is 2.96. The smallest absolute Gasteiger partial charge is 0.335 e. The van der Waals surface area contributed by atoms with Crippen LogP contribution in [0.2, 0.25) is 0 Å². The first-order chi connectivity index (χ1) is 10.2. The molecule has 1 aromatic rings. The normalized spacial score (nSPS) is 24.8. The maximum absolute atomic E-state index is 11.5. The third kappa shape index (κ3) is 3.93. The van der Waals surface area contributed by atoms with Gasteiger partial charge in [-0.25, -0.2) is 4.79 Å². The van der Waals surface area contributed by atoms with Crippen molar-refractivity contribution in [1.82, 2.24) is 0 Å². The number of benzene rings is 1. The van der Waals surface area contributed by atoms with E-state index in [4.69, 9.17) is 18.9 Å². The van der Waals surface area contributed by atoms with Gasteiger partial charge in [-0.3, -0.25) is 0 Å². The summed E-state index contributed by atoms with van der Waals surface area (Å²) >= 11 is 0. The first kappa shape index (κ1) is 15.8. The molecule has 0 unspecified atom stereocenters. The van der Waals surface area contributed by atoms with Crippen molar-refractivity contribution in [1.29, 1.82) is 0 Å². The summed E-state index contributed by atoms with van der Waals surface area (Å²) in [6, 6.07) is 7.59. The van der Waals surface area contributed by atoms with E-state index in [9.17, 15) is 4.79 Å². The first-order valence-corrected chi connectivity index (χ1v) is 6.68. The van der Waals surface area contributed by atoms with Crippen LogP contribution in [0.4, 0.5) is 0 Å². The highest BCUT2D eigenvalue weighted by atomic mass is 16.7. The highest BCUT2D eigenvalue weighted by molar-refractivity contribution is 5.74.